The molecule has 0 saturated carbocycles. The van der Waals surface area contributed by atoms with E-state index in [0.717, 1.165) is 20.8 Å². The second-order valence-corrected chi connectivity index (χ2v) is 4.36. The first kappa shape index (κ1) is 9.23. The predicted molar refractivity (Wildman–Crippen MR) is 65.1 cm³/mol. The van der Waals surface area contributed by atoms with Gasteiger partial charge in [-0.25, -0.2) is 4.98 Å². The highest BCUT2D eigenvalue weighted by Crippen LogP contribution is 2.32. The summed E-state index contributed by atoms with van der Waals surface area (Å²) in [5, 5.41) is 0.905. The van der Waals surface area contributed by atoms with Crippen LogP contribution in [0.3, 0.4) is 0 Å². The Morgan fingerprint density at radius 2 is 1.88 bits per heavy atom. The lowest BCUT2D eigenvalue weighted by Gasteiger charge is -1.98. The van der Waals surface area contributed by atoms with Crippen LogP contribution in [0.4, 0.5) is 5.69 Å². The molecule has 0 aliphatic heterocycles. The van der Waals surface area contributed by atoms with Crippen LogP contribution in [0.1, 0.15) is 0 Å². The van der Waals surface area contributed by atoms with Crippen LogP contribution in [0.2, 0.25) is 0 Å². The van der Waals surface area contributed by atoms with Crippen LogP contribution in [0.25, 0.3) is 20.8 Å². The van der Waals surface area contributed by atoms with Gasteiger partial charge in [-0.1, -0.05) is 0 Å². The number of hydrogen-bond donors (Lipinski definition) is 1. The SMILES string of the molecule is Nc1cnccc1-c1nc2cnccc2s1. The maximum atomic E-state index is 5.86. The summed E-state index contributed by atoms with van der Waals surface area (Å²) in [5.74, 6) is 0. The van der Waals surface area contributed by atoms with Gasteiger partial charge in [-0.05, 0) is 12.1 Å². The minimum Gasteiger partial charge on any atom is -0.397 e. The van der Waals surface area contributed by atoms with Crippen LogP contribution in [-0.2, 0) is 0 Å². The smallest absolute Gasteiger partial charge is 0.126 e. The summed E-state index contributed by atoms with van der Waals surface area (Å²) in [5.41, 5.74) is 8.34. The molecule has 0 saturated heterocycles. The number of nitrogen functional groups attached to an aromatic ring is 1. The summed E-state index contributed by atoms with van der Waals surface area (Å²) < 4.78 is 1.11. The fourth-order valence-corrected chi connectivity index (χ4v) is 2.48. The summed E-state index contributed by atoms with van der Waals surface area (Å²) in [6.45, 7) is 0. The third-order valence-electron chi connectivity index (χ3n) is 2.27. The van der Waals surface area contributed by atoms with E-state index in [-0.39, 0.29) is 0 Å². The van der Waals surface area contributed by atoms with Gasteiger partial charge in [0.1, 0.15) is 10.5 Å². The van der Waals surface area contributed by atoms with Crippen LogP contribution in [0, 0.1) is 0 Å². The van der Waals surface area contributed by atoms with Crippen molar-refractivity contribution in [3.8, 4) is 10.6 Å². The van der Waals surface area contributed by atoms with Crippen molar-refractivity contribution in [1.82, 2.24) is 15.0 Å². The summed E-state index contributed by atoms with van der Waals surface area (Å²) in [7, 11) is 0. The number of pyridine rings is 2. The number of thiazole rings is 1. The molecular weight excluding hydrogens is 220 g/mol. The molecule has 0 bridgehead atoms. The molecule has 3 rings (SSSR count). The normalized spacial score (nSPS) is 10.8. The van der Waals surface area contributed by atoms with Gasteiger partial charge in [-0.2, -0.15) is 0 Å². The molecule has 0 atom stereocenters. The number of nitrogens with two attached hydrogens (primary N) is 1. The zero-order valence-corrected chi connectivity index (χ0v) is 9.11. The monoisotopic (exact) mass is 228 g/mol. The second kappa shape index (κ2) is 3.53. The zero-order chi connectivity index (χ0) is 11.0. The zero-order valence-electron chi connectivity index (χ0n) is 8.29. The standard InChI is InChI=1S/C11H8N4S/c12-8-5-13-3-1-7(8)11-15-9-6-14-4-2-10(9)16-11/h1-6H,12H2. The molecule has 0 aromatic carbocycles. The fourth-order valence-electron chi connectivity index (χ4n) is 1.50. The molecule has 0 spiro atoms. The highest BCUT2D eigenvalue weighted by atomic mass is 32.1. The van der Waals surface area contributed by atoms with Gasteiger partial charge >= 0.3 is 0 Å². The number of rotatable bonds is 1. The van der Waals surface area contributed by atoms with E-state index in [4.69, 9.17) is 5.73 Å². The molecule has 78 valence electrons. The molecule has 0 radical (unpaired) electrons. The molecule has 0 unspecified atom stereocenters. The van der Waals surface area contributed by atoms with Crippen molar-refractivity contribution in [2.75, 3.05) is 5.73 Å². The van der Waals surface area contributed by atoms with Crippen LogP contribution < -0.4 is 5.73 Å². The quantitative estimate of drug-likeness (QED) is 0.694. The highest BCUT2D eigenvalue weighted by Gasteiger charge is 2.08. The predicted octanol–water partition coefficient (Wildman–Crippen LogP) is 2.34. The average molecular weight is 228 g/mol. The molecular formula is C11H8N4S. The van der Waals surface area contributed by atoms with Gasteiger partial charge in [0, 0.05) is 18.0 Å². The van der Waals surface area contributed by atoms with Crippen molar-refractivity contribution >= 4 is 27.2 Å². The van der Waals surface area contributed by atoms with Crippen molar-refractivity contribution in [3.05, 3.63) is 36.9 Å². The van der Waals surface area contributed by atoms with Gasteiger partial charge in [0.15, 0.2) is 0 Å². The second-order valence-electron chi connectivity index (χ2n) is 3.33. The van der Waals surface area contributed by atoms with Gasteiger partial charge in [0.2, 0.25) is 0 Å². The van der Waals surface area contributed by atoms with Crippen molar-refractivity contribution in [1.29, 1.82) is 0 Å². The van der Waals surface area contributed by atoms with Crippen LogP contribution in [-0.4, -0.2) is 15.0 Å². The highest BCUT2D eigenvalue weighted by molar-refractivity contribution is 7.21. The molecule has 3 heterocycles. The maximum absolute atomic E-state index is 5.86. The third kappa shape index (κ3) is 1.42. The molecule has 3 aromatic rings. The Morgan fingerprint density at radius 3 is 2.69 bits per heavy atom. The Kier molecular flexibility index (Phi) is 2.04. The van der Waals surface area contributed by atoms with Gasteiger partial charge in [-0.15, -0.1) is 11.3 Å². The minimum absolute atomic E-state index is 0.648. The molecule has 0 fully saturated rings. The Morgan fingerprint density at radius 1 is 1.06 bits per heavy atom. The van der Waals surface area contributed by atoms with Crippen molar-refractivity contribution < 1.29 is 0 Å². The first-order valence-corrected chi connectivity index (χ1v) is 5.56. The van der Waals surface area contributed by atoms with Crippen LogP contribution in [0.15, 0.2) is 36.9 Å². The Balaban J connectivity index is 2.23. The molecule has 3 aromatic heterocycles. The molecule has 0 amide bonds. The molecule has 16 heavy (non-hydrogen) atoms. The van der Waals surface area contributed by atoms with Crippen LogP contribution in [0.5, 0.6) is 0 Å². The van der Waals surface area contributed by atoms with Gasteiger partial charge < -0.3 is 5.73 Å². The maximum Gasteiger partial charge on any atom is 0.126 e. The number of nitrogens with zero attached hydrogens (tertiary/aromatic N) is 3. The Labute approximate surface area is 95.8 Å². The summed E-state index contributed by atoms with van der Waals surface area (Å²) in [6.07, 6.45) is 6.88. The van der Waals surface area contributed by atoms with E-state index in [2.05, 4.69) is 15.0 Å². The van der Waals surface area contributed by atoms with Gasteiger partial charge in [-0.3, -0.25) is 9.97 Å². The first-order chi connectivity index (χ1) is 7.84. The minimum atomic E-state index is 0.648. The molecule has 5 heteroatoms. The van der Waals surface area contributed by atoms with E-state index in [1.165, 1.54) is 0 Å². The summed E-state index contributed by atoms with van der Waals surface area (Å²) >= 11 is 1.61. The molecule has 0 aliphatic carbocycles. The number of aromatic nitrogens is 3. The lowest BCUT2D eigenvalue weighted by atomic mass is 10.2. The van der Waals surface area contributed by atoms with E-state index in [9.17, 15) is 0 Å². The number of hydrogen-bond acceptors (Lipinski definition) is 5. The Hall–Kier alpha value is -2.01. The van der Waals surface area contributed by atoms with Crippen molar-refractivity contribution in [3.63, 3.8) is 0 Å². The van der Waals surface area contributed by atoms with E-state index in [0.29, 0.717) is 5.69 Å². The first-order valence-electron chi connectivity index (χ1n) is 4.75. The van der Waals surface area contributed by atoms with Crippen LogP contribution >= 0.6 is 11.3 Å². The molecule has 2 N–H and O–H groups in total. The number of fused-ring (bicyclic) bond motifs is 1. The Bertz CT molecular complexity index is 614. The number of anilines is 1. The summed E-state index contributed by atoms with van der Waals surface area (Å²) in [6, 6.07) is 3.83. The lowest BCUT2D eigenvalue weighted by molar-refractivity contribution is 1.32. The van der Waals surface area contributed by atoms with E-state index < -0.39 is 0 Å². The summed E-state index contributed by atoms with van der Waals surface area (Å²) in [4.78, 5) is 12.5. The fraction of sp³-hybridized carbons (Fsp3) is 0. The van der Waals surface area contributed by atoms with Gasteiger partial charge in [0.25, 0.3) is 0 Å². The molecule has 0 aliphatic rings. The van der Waals surface area contributed by atoms with Gasteiger partial charge in [0.05, 0.1) is 22.8 Å². The molecule has 4 nitrogen and oxygen atoms in total. The van der Waals surface area contributed by atoms with E-state index in [1.54, 1.807) is 36.1 Å². The van der Waals surface area contributed by atoms with Crippen molar-refractivity contribution in [2.24, 2.45) is 0 Å². The van der Waals surface area contributed by atoms with E-state index >= 15 is 0 Å². The van der Waals surface area contributed by atoms with E-state index in [1.807, 2.05) is 12.1 Å². The van der Waals surface area contributed by atoms with Crippen molar-refractivity contribution in [2.45, 2.75) is 0 Å². The topological polar surface area (TPSA) is 64.7 Å². The lowest BCUT2D eigenvalue weighted by Crippen LogP contribution is -1.89. The largest absolute Gasteiger partial charge is 0.397 e. The average Bonchev–Trinajstić information content (AvgIpc) is 2.73. The third-order valence-corrected chi connectivity index (χ3v) is 3.34.